The molecule has 4 aromatic carbocycles. The third-order valence-corrected chi connectivity index (χ3v) is 5.47. The normalized spacial score (nSPS) is 12.1. The van der Waals surface area contributed by atoms with Gasteiger partial charge in [0.25, 0.3) is 0 Å². The van der Waals surface area contributed by atoms with Crippen molar-refractivity contribution >= 4 is 32.6 Å². The highest BCUT2D eigenvalue weighted by Gasteiger charge is 2.14. The van der Waals surface area contributed by atoms with E-state index in [4.69, 9.17) is 9.97 Å². The number of fused-ring (bicyclic) bond motifs is 6. The van der Waals surface area contributed by atoms with Gasteiger partial charge in [0.2, 0.25) is 0 Å². The lowest BCUT2D eigenvalue weighted by molar-refractivity contribution is 0.590. The number of rotatable bonds is 1. The smallest absolute Gasteiger partial charge is 0.0979 e. The van der Waals surface area contributed by atoms with Crippen LogP contribution < -0.4 is 0 Å². The van der Waals surface area contributed by atoms with Gasteiger partial charge in [-0.1, -0.05) is 93.6 Å². The molecule has 0 radical (unpaired) electrons. The van der Waals surface area contributed by atoms with Crippen molar-refractivity contribution in [2.24, 2.45) is 0 Å². The summed E-state index contributed by atoms with van der Waals surface area (Å²) in [4.78, 5) is 9.90. The average molecular weight is 362 g/mol. The number of hydrogen-bond donors (Lipinski definition) is 0. The van der Waals surface area contributed by atoms with E-state index in [1.807, 2.05) is 6.20 Å². The summed E-state index contributed by atoms with van der Waals surface area (Å²) in [7, 11) is 0. The molecule has 0 bridgehead atoms. The molecule has 5 rings (SSSR count). The van der Waals surface area contributed by atoms with Crippen LogP contribution in [0.15, 0.2) is 79.0 Å². The molecule has 5 aromatic rings. The van der Waals surface area contributed by atoms with E-state index >= 15 is 0 Å². The fourth-order valence-electron chi connectivity index (χ4n) is 3.90. The van der Waals surface area contributed by atoms with E-state index in [1.165, 1.54) is 16.3 Å². The first-order chi connectivity index (χ1) is 13.5. The minimum absolute atomic E-state index is 0.142. The van der Waals surface area contributed by atoms with Crippen molar-refractivity contribution in [3.8, 4) is 11.3 Å². The number of hydrogen-bond acceptors (Lipinski definition) is 2. The molecule has 0 fully saturated rings. The zero-order chi connectivity index (χ0) is 19.3. The topological polar surface area (TPSA) is 25.8 Å². The predicted octanol–water partition coefficient (Wildman–Crippen LogP) is 6.90. The van der Waals surface area contributed by atoms with E-state index in [1.54, 1.807) is 0 Å². The lowest BCUT2D eigenvalue weighted by Crippen LogP contribution is -2.10. The molecule has 0 aliphatic heterocycles. The van der Waals surface area contributed by atoms with Crippen molar-refractivity contribution in [2.45, 2.75) is 26.2 Å². The minimum atomic E-state index is 0.142. The summed E-state index contributed by atoms with van der Waals surface area (Å²) < 4.78 is 0. The highest BCUT2D eigenvalue weighted by atomic mass is 14.8. The monoisotopic (exact) mass is 362 g/mol. The Kier molecular flexibility index (Phi) is 3.70. The van der Waals surface area contributed by atoms with Crippen LogP contribution in [0.1, 0.15) is 26.3 Å². The summed E-state index contributed by atoms with van der Waals surface area (Å²) >= 11 is 0. The molecule has 0 saturated heterocycles. The summed E-state index contributed by atoms with van der Waals surface area (Å²) in [5.41, 5.74) is 5.40. The van der Waals surface area contributed by atoms with E-state index in [2.05, 4.69) is 93.6 Å². The van der Waals surface area contributed by atoms with Gasteiger partial charge < -0.3 is 0 Å². The Labute approximate surface area is 164 Å². The van der Waals surface area contributed by atoms with E-state index in [0.29, 0.717) is 0 Å². The van der Waals surface area contributed by atoms with E-state index in [9.17, 15) is 0 Å². The van der Waals surface area contributed by atoms with Gasteiger partial charge >= 0.3 is 0 Å². The molecular formula is C26H22N2. The highest BCUT2D eigenvalue weighted by molar-refractivity contribution is 6.23. The highest BCUT2D eigenvalue weighted by Crippen LogP contribution is 2.34. The second-order valence-corrected chi connectivity index (χ2v) is 8.37. The maximum atomic E-state index is 5.05. The van der Waals surface area contributed by atoms with Crippen LogP contribution in [0.2, 0.25) is 0 Å². The first-order valence-corrected chi connectivity index (χ1v) is 9.69. The third-order valence-electron chi connectivity index (χ3n) is 5.47. The van der Waals surface area contributed by atoms with Crippen LogP contribution in [-0.2, 0) is 5.41 Å². The molecule has 0 atom stereocenters. The zero-order valence-corrected chi connectivity index (χ0v) is 16.4. The summed E-state index contributed by atoms with van der Waals surface area (Å²) in [5, 5.41) is 4.75. The lowest BCUT2D eigenvalue weighted by Gasteiger charge is -2.19. The molecule has 0 amide bonds. The standard InChI is InChI=1S/C26H22N2/c1-26(2,3)18-14-12-17(13-15-18)23-16-27-24-21-10-6-4-8-19(21)20-9-5-7-11-22(20)25(24)28-23/h4-16H,1-3H3. The molecule has 136 valence electrons. The summed E-state index contributed by atoms with van der Waals surface area (Å²) in [6.45, 7) is 6.69. The Balaban J connectivity index is 1.78. The molecule has 0 aliphatic carbocycles. The van der Waals surface area contributed by atoms with Crippen LogP contribution in [0.4, 0.5) is 0 Å². The fraction of sp³-hybridized carbons (Fsp3) is 0.154. The van der Waals surface area contributed by atoms with Crippen LogP contribution in [0.5, 0.6) is 0 Å². The lowest BCUT2D eigenvalue weighted by atomic mass is 9.86. The molecule has 28 heavy (non-hydrogen) atoms. The maximum absolute atomic E-state index is 5.05. The SMILES string of the molecule is CC(C)(C)c1ccc(-c2cnc3c4ccccc4c4ccccc4c3n2)cc1. The molecule has 0 saturated carbocycles. The third kappa shape index (κ3) is 2.65. The van der Waals surface area contributed by atoms with Gasteiger partial charge in [-0.25, -0.2) is 4.98 Å². The molecule has 0 aliphatic rings. The van der Waals surface area contributed by atoms with Gasteiger partial charge in [-0.05, 0) is 21.8 Å². The van der Waals surface area contributed by atoms with Crippen LogP contribution in [0.25, 0.3) is 43.8 Å². The van der Waals surface area contributed by atoms with Gasteiger partial charge in [0, 0.05) is 16.3 Å². The molecule has 0 spiro atoms. The van der Waals surface area contributed by atoms with E-state index in [0.717, 1.165) is 33.1 Å². The zero-order valence-electron chi connectivity index (χ0n) is 16.4. The molecule has 2 nitrogen and oxygen atoms in total. The maximum Gasteiger partial charge on any atom is 0.0979 e. The van der Waals surface area contributed by atoms with Crippen molar-refractivity contribution in [3.63, 3.8) is 0 Å². The molecule has 1 aromatic heterocycles. The van der Waals surface area contributed by atoms with E-state index in [-0.39, 0.29) is 5.41 Å². The minimum Gasteiger partial charge on any atom is -0.252 e. The Morgan fingerprint density at radius 1 is 0.607 bits per heavy atom. The van der Waals surface area contributed by atoms with Crippen molar-refractivity contribution in [3.05, 3.63) is 84.6 Å². The molecule has 2 heteroatoms. The van der Waals surface area contributed by atoms with Crippen LogP contribution >= 0.6 is 0 Å². The largest absolute Gasteiger partial charge is 0.252 e. The molecular weight excluding hydrogens is 340 g/mol. The van der Waals surface area contributed by atoms with Gasteiger partial charge in [0.1, 0.15) is 0 Å². The predicted molar refractivity (Wildman–Crippen MR) is 119 cm³/mol. The summed E-state index contributed by atoms with van der Waals surface area (Å²) in [5.74, 6) is 0. The van der Waals surface area contributed by atoms with Crippen molar-refractivity contribution in [1.82, 2.24) is 9.97 Å². The second kappa shape index (κ2) is 6.13. The van der Waals surface area contributed by atoms with Gasteiger partial charge in [-0.2, -0.15) is 0 Å². The summed E-state index contributed by atoms with van der Waals surface area (Å²) in [6.07, 6.45) is 1.90. The second-order valence-electron chi connectivity index (χ2n) is 8.37. The summed E-state index contributed by atoms with van der Waals surface area (Å²) in [6, 6.07) is 25.6. The van der Waals surface area contributed by atoms with Gasteiger partial charge in [0.05, 0.1) is 22.9 Å². The Bertz CT molecular complexity index is 1290. The van der Waals surface area contributed by atoms with E-state index < -0.39 is 0 Å². The van der Waals surface area contributed by atoms with Crippen molar-refractivity contribution in [1.29, 1.82) is 0 Å². The fourth-order valence-corrected chi connectivity index (χ4v) is 3.90. The molecule has 1 heterocycles. The quantitative estimate of drug-likeness (QED) is 0.303. The van der Waals surface area contributed by atoms with Gasteiger partial charge in [-0.15, -0.1) is 0 Å². The molecule has 0 unspecified atom stereocenters. The number of aromatic nitrogens is 2. The Hall–Kier alpha value is -3.26. The molecule has 0 N–H and O–H groups in total. The van der Waals surface area contributed by atoms with Crippen LogP contribution in [0, 0.1) is 0 Å². The first-order valence-electron chi connectivity index (χ1n) is 9.69. The Morgan fingerprint density at radius 2 is 1.14 bits per heavy atom. The average Bonchev–Trinajstić information content (AvgIpc) is 2.73. The van der Waals surface area contributed by atoms with Crippen LogP contribution in [-0.4, -0.2) is 9.97 Å². The van der Waals surface area contributed by atoms with Crippen molar-refractivity contribution in [2.75, 3.05) is 0 Å². The van der Waals surface area contributed by atoms with Gasteiger partial charge in [-0.3, -0.25) is 4.98 Å². The first kappa shape index (κ1) is 16.9. The van der Waals surface area contributed by atoms with Gasteiger partial charge in [0.15, 0.2) is 0 Å². The Morgan fingerprint density at radius 3 is 1.71 bits per heavy atom. The number of benzene rings is 4. The number of nitrogens with zero attached hydrogens (tertiary/aromatic N) is 2. The van der Waals surface area contributed by atoms with Crippen molar-refractivity contribution < 1.29 is 0 Å². The van der Waals surface area contributed by atoms with Crippen LogP contribution in [0.3, 0.4) is 0 Å².